The van der Waals surface area contributed by atoms with E-state index < -0.39 is 21.6 Å². The maximum absolute atomic E-state index is 11.4. The Bertz CT molecular complexity index is 497. The molecule has 0 saturated carbocycles. The van der Waals surface area contributed by atoms with Crippen LogP contribution in [0.4, 0.5) is 0 Å². The van der Waals surface area contributed by atoms with Gasteiger partial charge in [-0.3, -0.25) is 4.79 Å². The molecule has 0 aliphatic heterocycles. The van der Waals surface area contributed by atoms with Gasteiger partial charge in [0.15, 0.2) is 9.84 Å². The third-order valence-corrected chi connectivity index (χ3v) is 3.84. The fraction of sp³-hybridized carbons (Fsp3) is 0.417. The average molecular weight is 256 g/mol. The molecule has 0 saturated heterocycles. The van der Waals surface area contributed by atoms with Crippen LogP contribution in [0.15, 0.2) is 18.2 Å². The Hall–Kier alpha value is -1.36. The van der Waals surface area contributed by atoms with E-state index in [4.69, 9.17) is 5.11 Å². The van der Waals surface area contributed by atoms with E-state index >= 15 is 0 Å². The zero-order valence-electron chi connectivity index (χ0n) is 9.93. The highest BCUT2D eigenvalue weighted by Crippen LogP contribution is 2.10. The third kappa shape index (κ3) is 4.99. The molecule has 0 radical (unpaired) electrons. The van der Waals surface area contributed by atoms with Gasteiger partial charge in [-0.05, 0) is 25.8 Å². The lowest BCUT2D eigenvalue weighted by Crippen LogP contribution is -2.19. The Morgan fingerprint density at radius 3 is 2.18 bits per heavy atom. The number of aryl methyl sites for hydroxylation is 3. The number of carboxylic acids is 1. The first-order valence-corrected chi connectivity index (χ1v) is 7.10. The second-order valence-electron chi connectivity index (χ2n) is 4.23. The average Bonchev–Trinajstić information content (AvgIpc) is 2.11. The van der Waals surface area contributed by atoms with Crippen molar-refractivity contribution in [1.82, 2.24) is 0 Å². The Kier molecular flexibility index (Phi) is 4.28. The van der Waals surface area contributed by atoms with E-state index in [1.54, 1.807) is 0 Å². The van der Waals surface area contributed by atoms with Gasteiger partial charge in [-0.2, -0.15) is 0 Å². The van der Waals surface area contributed by atoms with Gasteiger partial charge in [0.1, 0.15) is 5.75 Å². The summed E-state index contributed by atoms with van der Waals surface area (Å²) < 4.78 is 22.8. The van der Waals surface area contributed by atoms with E-state index in [-0.39, 0.29) is 5.75 Å². The lowest BCUT2D eigenvalue weighted by molar-refractivity contribution is -0.134. The van der Waals surface area contributed by atoms with Crippen LogP contribution >= 0.6 is 0 Å². The SMILES string of the molecule is Cc1cc(C)cc(CCS(=O)(=O)CC(=O)O)c1. The smallest absolute Gasteiger partial charge is 0.318 e. The van der Waals surface area contributed by atoms with Crippen molar-refractivity contribution in [3.8, 4) is 0 Å². The molecule has 94 valence electrons. The number of hydrogen-bond acceptors (Lipinski definition) is 3. The minimum absolute atomic E-state index is 0.123. The Morgan fingerprint density at radius 2 is 1.71 bits per heavy atom. The lowest BCUT2D eigenvalue weighted by Gasteiger charge is -2.05. The molecule has 17 heavy (non-hydrogen) atoms. The molecule has 1 rings (SSSR count). The van der Waals surface area contributed by atoms with Crippen molar-refractivity contribution in [3.05, 3.63) is 34.9 Å². The normalized spacial score (nSPS) is 11.4. The highest BCUT2D eigenvalue weighted by Gasteiger charge is 2.15. The van der Waals surface area contributed by atoms with E-state index in [1.165, 1.54) is 0 Å². The van der Waals surface area contributed by atoms with Gasteiger partial charge in [-0.25, -0.2) is 8.42 Å². The van der Waals surface area contributed by atoms with Crippen molar-refractivity contribution in [2.75, 3.05) is 11.5 Å². The Labute approximate surface area is 101 Å². The fourth-order valence-corrected chi connectivity index (χ4v) is 2.81. The van der Waals surface area contributed by atoms with Gasteiger partial charge in [0.2, 0.25) is 0 Å². The minimum atomic E-state index is -3.50. The van der Waals surface area contributed by atoms with Crippen molar-refractivity contribution in [2.45, 2.75) is 20.3 Å². The van der Waals surface area contributed by atoms with Gasteiger partial charge in [0, 0.05) is 0 Å². The molecule has 4 nitrogen and oxygen atoms in total. The summed E-state index contributed by atoms with van der Waals surface area (Å²) in [4.78, 5) is 10.4. The Morgan fingerprint density at radius 1 is 1.18 bits per heavy atom. The molecule has 5 heteroatoms. The fourth-order valence-electron chi connectivity index (χ4n) is 1.75. The largest absolute Gasteiger partial charge is 0.480 e. The number of rotatable bonds is 5. The molecule has 0 aliphatic rings. The van der Waals surface area contributed by atoms with Crippen LogP contribution in [0.2, 0.25) is 0 Å². The van der Waals surface area contributed by atoms with E-state index in [1.807, 2.05) is 32.0 Å². The van der Waals surface area contributed by atoms with E-state index in [0.717, 1.165) is 16.7 Å². The van der Waals surface area contributed by atoms with Gasteiger partial charge in [-0.15, -0.1) is 0 Å². The molecule has 0 bridgehead atoms. The molecular formula is C12H16O4S. The standard InChI is InChI=1S/C12H16O4S/c1-9-5-10(2)7-11(6-9)3-4-17(15,16)8-12(13)14/h5-7H,3-4,8H2,1-2H3,(H,13,14). The Balaban J connectivity index is 2.70. The van der Waals surface area contributed by atoms with Crippen LogP contribution in [-0.4, -0.2) is 31.0 Å². The lowest BCUT2D eigenvalue weighted by atomic mass is 10.1. The quantitative estimate of drug-likeness (QED) is 0.863. The van der Waals surface area contributed by atoms with E-state index in [2.05, 4.69) is 0 Å². The van der Waals surface area contributed by atoms with Gasteiger partial charge in [0.05, 0.1) is 5.75 Å². The van der Waals surface area contributed by atoms with Gasteiger partial charge in [-0.1, -0.05) is 29.3 Å². The summed E-state index contributed by atoms with van der Waals surface area (Å²) in [6.07, 6.45) is 0.359. The zero-order valence-corrected chi connectivity index (χ0v) is 10.8. The first-order chi connectivity index (χ1) is 7.78. The zero-order chi connectivity index (χ0) is 13.1. The summed E-state index contributed by atoms with van der Waals surface area (Å²) in [6, 6.07) is 5.85. The summed E-state index contributed by atoms with van der Waals surface area (Å²) in [6.45, 7) is 3.89. The molecule has 0 unspecified atom stereocenters. The number of carboxylic acid groups (broad SMARTS) is 1. The molecule has 0 aliphatic carbocycles. The number of hydrogen-bond donors (Lipinski definition) is 1. The number of benzene rings is 1. The number of carbonyl (C=O) groups is 1. The third-order valence-electron chi connectivity index (χ3n) is 2.33. The molecule has 1 N–H and O–H groups in total. The molecule has 1 aromatic carbocycles. The monoisotopic (exact) mass is 256 g/mol. The molecule has 0 fully saturated rings. The van der Waals surface area contributed by atoms with Crippen LogP contribution in [0.3, 0.4) is 0 Å². The topological polar surface area (TPSA) is 71.4 Å². The highest BCUT2D eigenvalue weighted by atomic mass is 32.2. The first-order valence-electron chi connectivity index (χ1n) is 5.28. The van der Waals surface area contributed by atoms with Crippen molar-refractivity contribution >= 4 is 15.8 Å². The summed E-state index contributed by atoms with van der Waals surface area (Å²) in [5, 5.41) is 8.46. The highest BCUT2D eigenvalue weighted by molar-refractivity contribution is 7.92. The van der Waals surface area contributed by atoms with Crippen LogP contribution in [0, 0.1) is 13.8 Å². The molecule has 0 atom stereocenters. The maximum atomic E-state index is 11.4. The summed E-state index contributed by atoms with van der Waals surface area (Å²) >= 11 is 0. The molecule has 1 aromatic rings. The van der Waals surface area contributed by atoms with Crippen molar-refractivity contribution < 1.29 is 18.3 Å². The van der Waals surface area contributed by atoms with Crippen LogP contribution in [0.25, 0.3) is 0 Å². The van der Waals surface area contributed by atoms with Crippen molar-refractivity contribution in [3.63, 3.8) is 0 Å². The molecular weight excluding hydrogens is 240 g/mol. The van der Waals surface area contributed by atoms with Gasteiger partial charge >= 0.3 is 5.97 Å². The molecule has 0 spiro atoms. The van der Waals surface area contributed by atoms with E-state index in [9.17, 15) is 13.2 Å². The minimum Gasteiger partial charge on any atom is -0.480 e. The van der Waals surface area contributed by atoms with Crippen molar-refractivity contribution in [1.29, 1.82) is 0 Å². The first kappa shape index (κ1) is 13.7. The van der Waals surface area contributed by atoms with E-state index in [0.29, 0.717) is 6.42 Å². The number of sulfone groups is 1. The predicted octanol–water partition coefficient (Wildman–Crippen LogP) is 1.35. The molecule has 0 heterocycles. The van der Waals surface area contributed by atoms with Crippen LogP contribution in [-0.2, 0) is 21.1 Å². The van der Waals surface area contributed by atoms with Crippen LogP contribution in [0.1, 0.15) is 16.7 Å². The summed E-state index contributed by atoms with van der Waals surface area (Å²) in [5.74, 6) is -2.22. The molecule has 0 aromatic heterocycles. The second kappa shape index (κ2) is 5.31. The summed E-state index contributed by atoms with van der Waals surface area (Å²) in [5.41, 5.74) is 3.09. The van der Waals surface area contributed by atoms with Crippen molar-refractivity contribution in [2.24, 2.45) is 0 Å². The van der Waals surface area contributed by atoms with Gasteiger partial charge < -0.3 is 5.11 Å². The summed E-state index contributed by atoms with van der Waals surface area (Å²) in [7, 11) is -3.50. The molecule has 0 amide bonds. The second-order valence-corrected chi connectivity index (χ2v) is 6.42. The van der Waals surface area contributed by atoms with Crippen LogP contribution < -0.4 is 0 Å². The number of aliphatic carboxylic acids is 1. The van der Waals surface area contributed by atoms with Gasteiger partial charge in [0.25, 0.3) is 0 Å². The maximum Gasteiger partial charge on any atom is 0.318 e. The van der Waals surface area contributed by atoms with Crippen LogP contribution in [0.5, 0.6) is 0 Å². The predicted molar refractivity (Wildman–Crippen MR) is 65.9 cm³/mol.